The predicted molar refractivity (Wildman–Crippen MR) is 128 cm³/mol. The van der Waals surface area contributed by atoms with Crippen LogP contribution in [0.15, 0.2) is 16.6 Å². The normalized spacial score (nSPS) is 10.7. The largest absolute Gasteiger partial charge is 0.494 e. The zero-order valence-corrected chi connectivity index (χ0v) is 20.7. The van der Waals surface area contributed by atoms with E-state index in [1.54, 1.807) is 26.0 Å². The first kappa shape index (κ1) is 25.6. The lowest BCUT2D eigenvalue weighted by molar-refractivity contribution is -0.383. The number of aryl methyl sites for hydroxylation is 1. The summed E-state index contributed by atoms with van der Waals surface area (Å²) in [6.07, 6.45) is 0. The highest BCUT2D eigenvalue weighted by Gasteiger charge is 2.29. The predicted octanol–water partition coefficient (Wildman–Crippen LogP) is 3.37. The van der Waals surface area contributed by atoms with Crippen molar-refractivity contribution in [2.24, 2.45) is 0 Å². The van der Waals surface area contributed by atoms with E-state index in [4.69, 9.17) is 14.2 Å². The number of anilines is 4. The smallest absolute Gasteiger partial charge is 0.353 e. The second kappa shape index (κ2) is 11.8. The molecule has 0 aliphatic heterocycles. The van der Waals surface area contributed by atoms with Gasteiger partial charge in [-0.25, -0.2) is 9.97 Å². The van der Waals surface area contributed by atoms with E-state index < -0.39 is 4.92 Å². The van der Waals surface area contributed by atoms with Gasteiger partial charge in [-0.05, 0) is 28.9 Å². The summed E-state index contributed by atoms with van der Waals surface area (Å²) in [6, 6.07) is 3.71. The first-order chi connectivity index (χ1) is 15.2. The Balaban J connectivity index is 2.61. The quantitative estimate of drug-likeness (QED) is 0.335. The van der Waals surface area contributed by atoms with Crippen molar-refractivity contribution in [2.45, 2.75) is 6.92 Å². The van der Waals surface area contributed by atoms with Gasteiger partial charge in [-0.3, -0.25) is 10.1 Å². The van der Waals surface area contributed by atoms with Crippen molar-refractivity contribution in [3.05, 3.63) is 32.5 Å². The number of nitrogens with one attached hydrogen (secondary N) is 1. The van der Waals surface area contributed by atoms with Gasteiger partial charge in [0.15, 0.2) is 0 Å². The van der Waals surface area contributed by atoms with Crippen LogP contribution in [0.4, 0.5) is 28.7 Å². The molecule has 2 aromatic rings. The Bertz CT molecular complexity index is 935. The number of hydrogen-bond acceptors (Lipinski definition) is 10. The number of hydrogen-bond donors (Lipinski definition) is 1. The molecule has 0 aliphatic carbocycles. The van der Waals surface area contributed by atoms with Gasteiger partial charge in [0.05, 0.1) is 30.9 Å². The van der Waals surface area contributed by atoms with Crippen LogP contribution in [0.3, 0.4) is 0 Å². The maximum absolute atomic E-state index is 12.1. The molecule has 0 fully saturated rings. The number of ether oxygens (including phenoxy) is 3. The fraction of sp³-hybridized carbons (Fsp3) is 0.500. The van der Waals surface area contributed by atoms with Gasteiger partial charge >= 0.3 is 5.69 Å². The molecule has 0 spiro atoms. The number of halogens is 1. The number of nitrogens with zero attached hydrogens (tertiary/aromatic N) is 5. The van der Waals surface area contributed by atoms with E-state index in [0.717, 1.165) is 5.69 Å². The van der Waals surface area contributed by atoms with E-state index in [0.29, 0.717) is 48.0 Å². The Morgan fingerprint density at radius 2 is 1.75 bits per heavy atom. The van der Waals surface area contributed by atoms with Crippen LogP contribution in [-0.4, -0.2) is 76.6 Å². The van der Waals surface area contributed by atoms with Crippen LogP contribution in [0.2, 0.25) is 0 Å². The third-order valence-electron chi connectivity index (χ3n) is 4.61. The zero-order valence-electron chi connectivity index (χ0n) is 19.1. The standard InChI is InChI=1S/C20H29BrN6O5/c1-13-22-19(24-17-15(21)11-14(25(2)3)12-16(17)32-6)18(27(28)29)20(23-13)26(7-9-30-4)8-10-31-5/h11-12H,7-10H2,1-6H3,(H,22,23,24). The SMILES string of the molecule is COCCN(CCOC)c1nc(C)nc(Nc2c(Br)cc(N(C)C)cc2OC)c1[N+](=O)[O-]. The number of nitro groups is 1. The molecule has 176 valence electrons. The van der Waals surface area contributed by atoms with E-state index in [1.807, 2.05) is 31.1 Å². The summed E-state index contributed by atoms with van der Waals surface area (Å²) in [5, 5.41) is 15.2. The van der Waals surface area contributed by atoms with Crippen LogP contribution < -0.4 is 19.9 Å². The molecular formula is C20H29BrN6O5. The van der Waals surface area contributed by atoms with E-state index in [1.165, 1.54) is 7.11 Å². The van der Waals surface area contributed by atoms with Gasteiger partial charge in [-0.2, -0.15) is 0 Å². The summed E-state index contributed by atoms with van der Waals surface area (Å²) in [7, 11) is 8.50. The fourth-order valence-corrected chi connectivity index (χ4v) is 3.51. The molecule has 0 unspecified atom stereocenters. The van der Waals surface area contributed by atoms with Gasteiger partial charge < -0.3 is 29.3 Å². The second-order valence-corrected chi connectivity index (χ2v) is 7.90. The van der Waals surface area contributed by atoms with Crippen LogP contribution in [0.1, 0.15) is 5.82 Å². The molecule has 0 bridgehead atoms. The summed E-state index contributed by atoms with van der Waals surface area (Å²) < 4.78 is 16.5. The van der Waals surface area contributed by atoms with Crippen molar-refractivity contribution < 1.29 is 19.1 Å². The van der Waals surface area contributed by atoms with Crippen molar-refractivity contribution >= 4 is 44.6 Å². The molecule has 0 radical (unpaired) electrons. The molecule has 12 heteroatoms. The minimum absolute atomic E-state index is 0.0638. The molecule has 0 aliphatic rings. The molecule has 1 N–H and O–H groups in total. The van der Waals surface area contributed by atoms with Crippen LogP contribution in [-0.2, 0) is 9.47 Å². The van der Waals surface area contributed by atoms with Crippen LogP contribution in [0.5, 0.6) is 5.75 Å². The average molecular weight is 513 g/mol. The summed E-state index contributed by atoms with van der Waals surface area (Å²) in [6.45, 7) is 3.24. The molecule has 0 saturated carbocycles. The summed E-state index contributed by atoms with van der Waals surface area (Å²) in [4.78, 5) is 24.0. The van der Waals surface area contributed by atoms with E-state index in [2.05, 4.69) is 31.2 Å². The van der Waals surface area contributed by atoms with Gasteiger partial charge in [0.25, 0.3) is 0 Å². The molecule has 0 atom stereocenters. The molecule has 1 heterocycles. The molecule has 11 nitrogen and oxygen atoms in total. The lowest BCUT2D eigenvalue weighted by Crippen LogP contribution is -2.32. The minimum atomic E-state index is -0.488. The van der Waals surface area contributed by atoms with E-state index in [-0.39, 0.29) is 17.3 Å². The van der Waals surface area contributed by atoms with Crippen LogP contribution in [0, 0.1) is 17.0 Å². The maximum atomic E-state index is 12.1. The topological polar surface area (TPSA) is 115 Å². The lowest BCUT2D eigenvalue weighted by Gasteiger charge is -2.24. The monoisotopic (exact) mass is 512 g/mol. The maximum Gasteiger partial charge on any atom is 0.353 e. The Morgan fingerprint density at radius 1 is 1.12 bits per heavy atom. The van der Waals surface area contributed by atoms with Crippen molar-refractivity contribution in [1.29, 1.82) is 0 Å². The van der Waals surface area contributed by atoms with Crippen molar-refractivity contribution in [3.8, 4) is 5.75 Å². The minimum Gasteiger partial charge on any atom is -0.494 e. The summed E-state index contributed by atoms with van der Waals surface area (Å²) in [5.74, 6) is 1.15. The Hall–Kier alpha value is -2.70. The third kappa shape index (κ3) is 6.17. The molecule has 0 amide bonds. The van der Waals surface area contributed by atoms with Crippen LogP contribution in [0.25, 0.3) is 0 Å². The van der Waals surface area contributed by atoms with Gasteiger partial charge in [-0.15, -0.1) is 0 Å². The second-order valence-electron chi connectivity index (χ2n) is 7.05. The van der Waals surface area contributed by atoms with E-state index >= 15 is 0 Å². The number of aromatic nitrogens is 2. The van der Waals surface area contributed by atoms with Gasteiger partial charge in [0, 0.05) is 57.6 Å². The first-order valence-corrected chi connectivity index (χ1v) is 10.6. The number of rotatable bonds is 12. The third-order valence-corrected chi connectivity index (χ3v) is 5.23. The highest BCUT2D eigenvalue weighted by atomic mass is 79.9. The zero-order chi connectivity index (χ0) is 23.8. The van der Waals surface area contributed by atoms with Gasteiger partial charge in [-0.1, -0.05) is 0 Å². The molecule has 2 rings (SSSR count). The van der Waals surface area contributed by atoms with E-state index in [9.17, 15) is 10.1 Å². The molecule has 1 aromatic carbocycles. The highest BCUT2D eigenvalue weighted by molar-refractivity contribution is 9.10. The van der Waals surface area contributed by atoms with Crippen LogP contribution >= 0.6 is 15.9 Å². The molecule has 32 heavy (non-hydrogen) atoms. The first-order valence-electron chi connectivity index (χ1n) is 9.81. The highest BCUT2D eigenvalue weighted by Crippen LogP contribution is 2.41. The lowest BCUT2D eigenvalue weighted by atomic mass is 10.2. The fourth-order valence-electron chi connectivity index (χ4n) is 2.98. The molecule has 0 saturated heterocycles. The van der Waals surface area contributed by atoms with Gasteiger partial charge in [0.2, 0.25) is 11.6 Å². The molecule has 1 aromatic heterocycles. The number of benzene rings is 1. The Kier molecular flexibility index (Phi) is 9.42. The van der Waals surface area contributed by atoms with Crippen molar-refractivity contribution in [2.75, 3.05) is 76.8 Å². The summed E-state index contributed by atoms with van der Waals surface area (Å²) in [5.41, 5.74) is 1.18. The molecular weight excluding hydrogens is 484 g/mol. The number of methoxy groups -OCH3 is 3. The van der Waals surface area contributed by atoms with Gasteiger partial charge in [0.1, 0.15) is 11.6 Å². The Labute approximate surface area is 196 Å². The van der Waals surface area contributed by atoms with Crippen molar-refractivity contribution in [3.63, 3.8) is 0 Å². The average Bonchev–Trinajstić information content (AvgIpc) is 2.74. The van der Waals surface area contributed by atoms with Crippen molar-refractivity contribution in [1.82, 2.24) is 9.97 Å². The summed E-state index contributed by atoms with van der Waals surface area (Å²) >= 11 is 3.53. The Morgan fingerprint density at radius 3 is 2.25 bits per heavy atom.